The highest BCUT2D eigenvalue weighted by Gasteiger charge is 2.37. The zero-order valence-corrected chi connectivity index (χ0v) is 74.3. The second kappa shape index (κ2) is 32.1. The van der Waals surface area contributed by atoms with E-state index in [0.29, 0.717) is 5.69 Å². The minimum Gasteiger partial charge on any atom is -0.456 e. The van der Waals surface area contributed by atoms with Crippen LogP contribution in [-0.4, -0.2) is 0 Å². The Labute approximate surface area is 785 Å². The molecule has 0 saturated carbocycles. The summed E-state index contributed by atoms with van der Waals surface area (Å²) in [6.45, 7) is 4.71. The lowest BCUT2D eigenvalue weighted by Crippen LogP contribution is -2.16. The molecule has 24 aromatic rings. The fourth-order valence-corrected chi connectivity index (χ4v) is 21.4. The Bertz CT molecular complexity index is 8930. The molecule has 2 aromatic heterocycles. The number of benzene rings is 22. The van der Waals surface area contributed by atoms with Crippen LogP contribution in [0.25, 0.3) is 154 Å². The Balaban J connectivity index is 0.000000141. The second-order valence-corrected chi connectivity index (χ2v) is 35.8. The van der Waals surface area contributed by atoms with Crippen molar-refractivity contribution in [3.05, 3.63) is 484 Å². The van der Waals surface area contributed by atoms with Gasteiger partial charge in [-0.05, 0) is 252 Å². The number of anilines is 12. The summed E-state index contributed by atoms with van der Waals surface area (Å²) in [7, 11) is 0. The van der Waals surface area contributed by atoms with E-state index < -0.39 is 0 Å². The Hall–Kier alpha value is -17.8. The van der Waals surface area contributed by atoms with Crippen molar-refractivity contribution in [1.82, 2.24) is 0 Å². The van der Waals surface area contributed by atoms with Gasteiger partial charge in [0.15, 0.2) is 11.2 Å². The predicted molar refractivity (Wildman–Crippen MR) is 561 cm³/mol. The molecule has 22 aromatic carbocycles. The molecule has 0 atom stereocenters. The average molecular weight is 1750 g/mol. The van der Waals surface area contributed by atoms with Crippen molar-refractivity contribution >= 4 is 155 Å². The summed E-state index contributed by atoms with van der Waals surface area (Å²) in [4.78, 5) is 9.02. The standard InChI is InChI=1S/C65H44N2O2.C62H39FN2O2/c1-65(2)56-26-12-9-22-48(56)49-35-33-45(39-57(49)65)67(58-27-13-10-21-47(58)41-17-5-3-6-18-41)44-32-31-42-37-55-51-36-34-46(40-62(51)68-61-30-16-24-52(63(55)61)54(42)38-44)66(43-19-7-4-8-20-43)59-28-15-25-53-50-23-11-14-29-60(50)69-64(53)59;63-55-37-43(40-17-5-1-6-18-40)36-53(41-19-7-2-8-20-41)61(55)65(45-23-11-4-12-24-45)46-32-31-42-35-54-49-34-33-47(39-59(49)66-58-30-16-26-50(60(54)58)52(42)38-46)64(44-21-9-3-10-22-44)56-28-15-27-51-48-25-13-14-29-57(48)67-62(51)56/h3-40H,1-2H3;1-39H. The summed E-state index contributed by atoms with van der Waals surface area (Å²) >= 11 is 0. The smallest absolute Gasteiger partial charge is 0.159 e. The molecule has 0 N–H and O–H groups in total. The molecule has 0 bridgehead atoms. The van der Waals surface area contributed by atoms with Crippen molar-refractivity contribution in [2.75, 3.05) is 19.6 Å². The second-order valence-electron chi connectivity index (χ2n) is 35.8. The lowest BCUT2D eigenvalue weighted by Gasteiger charge is -2.30. The van der Waals surface area contributed by atoms with Gasteiger partial charge in [-0.2, -0.15) is 0 Å². The van der Waals surface area contributed by atoms with E-state index >= 15 is 4.39 Å². The summed E-state index contributed by atoms with van der Waals surface area (Å²) in [5.41, 5.74) is 30.1. The highest BCUT2D eigenvalue weighted by Crippen LogP contribution is 2.58. The largest absolute Gasteiger partial charge is 0.456 e. The molecule has 3 aliphatic rings. The number of rotatable bonds is 15. The molecule has 9 heteroatoms. The minimum atomic E-state index is -0.314. The summed E-state index contributed by atoms with van der Waals surface area (Å²) in [5.74, 6) is 2.89. The zero-order valence-electron chi connectivity index (χ0n) is 74.3. The number of fused-ring (bicyclic) bond motifs is 17. The number of nitrogens with zero attached hydrogens (tertiary/aromatic N) is 4. The number of para-hydroxylation sites is 8. The van der Waals surface area contributed by atoms with E-state index in [0.717, 1.165) is 206 Å². The van der Waals surface area contributed by atoms with E-state index in [2.05, 4.69) is 367 Å². The molecule has 0 radical (unpaired) electrons. The zero-order chi connectivity index (χ0) is 90.2. The van der Waals surface area contributed by atoms with Gasteiger partial charge in [0.25, 0.3) is 0 Å². The van der Waals surface area contributed by atoms with Crippen LogP contribution in [-0.2, 0) is 5.41 Å². The fourth-order valence-electron chi connectivity index (χ4n) is 21.4. The molecule has 4 heterocycles. The van der Waals surface area contributed by atoms with Gasteiger partial charge < -0.3 is 37.9 Å². The number of ether oxygens (including phenoxy) is 2. The first-order valence-corrected chi connectivity index (χ1v) is 46.3. The van der Waals surface area contributed by atoms with E-state index in [1.807, 2.05) is 127 Å². The van der Waals surface area contributed by atoms with Gasteiger partial charge in [0.05, 0.1) is 34.1 Å². The Morgan fingerprint density at radius 1 is 0.213 bits per heavy atom. The van der Waals surface area contributed by atoms with E-state index in [-0.39, 0.29) is 11.2 Å². The van der Waals surface area contributed by atoms with Crippen LogP contribution in [0.15, 0.2) is 476 Å². The number of halogens is 1. The third kappa shape index (κ3) is 13.1. The molecule has 27 rings (SSSR count). The number of furan rings is 2. The third-order valence-electron chi connectivity index (χ3n) is 27.7. The van der Waals surface area contributed by atoms with E-state index in [1.54, 1.807) is 6.07 Å². The molecule has 0 spiro atoms. The average Bonchev–Trinajstić information content (AvgIpc) is 0.918. The molecule has 1 aliphatic carbocycles. The first-order valence-electron chi connectivity index (χ1n) is 46.3. The summed E-state index contributed by atoms with van der Waals surface area (Å²) < 4.78 is 44.4. The van der Waals surface area contributed by atoms with E-state index in [1.165, 1.54) is 44.2 Å². The first-order chi connectivity index (χ1) is 67.1. The normalized spacial score (nSPS) is 12.4. The number of hydrogen-bond donors (Lipinski definition) is 0. The summed E-state index contributed by atoms with van der Waals surface area (Å²) in [5, 5.41) is 13.1. The molecule has 136 heavy (non-hydrogen) atoms. The van der Waals surface area contributed by atoms with Gasteiger partial charge >= 0.3 is 0 Å². The van der Waals surface area contributed by atoms with E-state index in [9.17, 15) is 0 Å². The minimum absolute atomic E-state index is 0.147. The predicted octanol–water partition coefficient (Wildman–Crippen LogP) is 36.7. The molecular weight excluding hydrogens is 1660 g/mol. The maximum atomic E-state index is 17.3. The molecular formula is C127H83FN4O4. The van der Waals surface area contributed by atoms with Crippen LogP contribution in [0.3, 0.4) is 0 Å². The van der Waals surface area contributed by atoms with Crippen LogP contribution in [0.4, 0.5) is 72.6 Å². The van der Waals surface area contributed by atoms with Gasteiger partial charge in [-0.25, -0.2) is 4.39 Å². The van der Waals surface area contributed by atoms with Gasteiger partial charge in [0.1, 0.15) is 40.0 Å². The van der Waals surface area contributed by atoms with Gasteiger partial charge in [0.2, 0.25) is 0 Å². The molecule has 0 unspecified atom stereocenters. The van der Waals surface area contributed by atoms with Crippen molar-refractivity contribution in [2.24, 2.45) is 0 Å². The van der Waals surface area contributed by atoms with Crippen LogP contribution in [0.1, 0.15) is 25.0 Å². The molecule has 642 valence electrons. The highest BCUT2D eigenvalue weighted by atomic mass is 19.1. The fraction of sp³-hybridized carbons (Fsp3) is 0.0236. The highest BCUT2D eigenvalue weighted by molar-refractivity contribution is 6.21. The SMILES string of the molecule is CC1(C)c2ccccc2-c2ccc(N(c3ccc4cc5c6c(cccc6c4c3)Oc3cc(N(c4ccccc4)c4cccc6c4oc4ccccc46)ccc3-5)c3ccccc3-c3ccccc3)cc21.Fc1cc(-c2ccccc2)cc(-c2ccccc2)c1N(c1ccccc1)c1ccc2cc3c4c(cccc4c2c1)Oc1cc(N(c2ccccc2)c2cccc4c2oc2ccccc24)ccc1-3. The Morgan fingerprint density at radius 3 is 1.12 bits per heavy atom. The first kappa shape index (κ1) is 79.2. The van der Waals surface area contributed by atoms with Crippen molar-refractivity contribution in [3.63, 3.8) is 0 Å². The van der Waals surface area contributed by atoms with Gasteiger partial charge in [-0.15, -0.1) is 0 Å². The molecule has 8 nitrogen and oxygen atoms in total. The number of hydrogen-bond acceptors (Lipinski definition) is 8. The van der Waals surface area contributed by atoms with Gasteiger partial charge in [-0.3, -0.25) is 0 Å². The van der Waals surface area contributed by atoms with E-state index in [4.69, 9.17) is 18.3 Å². The maximum Gasteiger partial charge on any atom is 0.159 e. The molecule has 0 fully saturated rings. The molecule has 0 amide bonds. The van der Waals surface area contributed by atoms with Crippen LogP contribution in [0.5, 0.6) is 23.0 Å². The van der Waals surface area contributed by atoms with Crippen molar-refractivity contribution in [3.8, 4) is 89.8 Å². The summed E-state index contributed by atoms with van der Waals surface area (Å²) in [6, 6.07) is 163. The third-order valence-corrected chi connectivity index (χ3v) is 27.7. The van der Waals surface area contributed by atoms with Crippen LogP contribution < -0.4 is 29.1 Å². The quantitative estimate of drug-likeness (QED) is 0.0941. The maximum absolute atomic E-state index is 17.3. The van der Waals surface area contributed by atoms with Crippen LogP contribution in [0, 0.1) is 5.82 Å². The van der Waals surface area contributed by atoms with Crippen LogP contribution >= 0.6 is 0 Å². The van der Waals surface area contributed by atoms with Crippen molar-refractivity contribution < 1.29 is 22.7 Å². The van der Waals surface area contributed by atoms with Gasteiger partial charge in [0, 0.05) is 106 Å². The topological polar surface area (TPSA) is 57.7 Å². The molecule has 2 aliphatic heterocycles. The Kier molecular flexibility index (Phi) is 18.7. The lowest BCUT2D eigenvalue weighted by molar-refractivity contribution is 0.487. The van der Waals surface area contributed by atoms with Crippen molar-refractivity contribution in [2.45, 2.75) is 19.3 Å². The lowest BCUT2D eigenvalue weighted by atomic mass is 9.82. The molecule has 0 saturated heterocycles. The van der Waals surface area contributed by atoms with Crippen LogP contribution in [0.2, 0.25) is 0 Å². The Morgan fingerprint density at radius 2 is 0.588 bits per heavy atom. The van der Waals surface area contributed by atoms with Gasteiger partial charge in [-0.1, -0.05) is 305 Å². The monoisotopic (exact) mass is 1750 g/mol. The summed E-state index contributed by atoms with van der Waals surface area (Å²) in [6.07, 6.45) is 0. The van der Waals surface area contributed by atoms with Crippen molar-refractivity contribution in [1.29, 1.82) is 0 Å².